The second-order valence-electron chi connectivity index (χ2n) is 2.75. The monoisotopic (exact) mass is 218 g/mol. The minimum Gasteiger partial charge on any atom is -0.477 e. The molecule has 1 rings (SSSR count). The van der Waals surface area contributed by atoms with Gasteiger partial charge in [-0.1, -0.05) is 0 Å². The molecular weight excluding hydrogens is 210 g/mol. The van der Waals surface area contributed by atoms with Crippen molar-refractivity contribution in [2.24, 2.45) is 5.73 Å². The predicted octanol–water partition coefficient (Wildman–Crippen LogP) is 0.469. The average molecular weight is 218 g/mol. The van der Waals surface area contributed by atoms with E-state index in [-0.39, 0.29) is 12.2 Å². The summed E-state index contributed by atoms with van der Waals surface area (Å²) < 4.78 is 24.8. The van der Waals surface area contributed by atoms with Gasteiger partial charge in [-0.3, -0.25) is 4.79 Å². The van der Waals surface area contributed by atoms with Crippen LogP contribution in [0.25, 0.3) is 0 Å². The van der Waals surface area contributed by atoms with E-state index in [9.17, 15) is 18.4 Å². The lowest BCUT2D eigenvalue weighted by atomic mass is 10.1. The quantitative estimate of drug-likeness (QED) is 0.687. The van der Waals surface area contributed by atoms with Gasteiger partial charge in [0.2, 0.25) is 0 Å². The number of nitrogens with two attached hydrogens (primary N) is 1. The van der Waals surface area contributed by atoms with Crippen LogP contribution in [-0.2, 0) is 6.54 Å². The van der Waals surface area contributed by atoms with Gasteiger partial charge in [0.05, 0.1) is 5.56 Å². The largest absolute Gasteiger partial charge is 0.477 e. The van der Waals surface area contributed by atoms with E-state index in [1.807, 2.05) is 0 Å². The first kappa shape index (κ1) is 11.3. The number of aromatic nitrogens is 1. The highest BCUT2D eigenvalue weighted by molar-refractivity contribution is 5.85. The van der Waals surface area contributed by atoms with Crippen molar-refractivity contribution in [3.63, 3.8) is 0 Å². The minimum absolute atomic E-state index is 0.255. The SMILES string of the molecule is NCc1[nH]c(C(=O)O)cc(=O)c1C(F)F. The van der Waals surface area contributed by atoms with Gasteiger partial charge in [-0.2, -0.15) is 0 Å². The van der Waals surface area contributed by atoms with Gasteiger partial charge in [0.15, 0.2) is 5.43 Å². The second kappa shape index (κ2) is 4.18. The molecule has 0 aliphatic carbocycles. The molecule has 0 radical (unpaired) electrons. The zero-order valence-corrected chi connectivity index (χ0v) is 7.46. The molecule has 0 spiro atoms. The topological polar surface area (TPSA) is 96.2 Å². The number of pyridine rings is 1. The molecule has 82 valence electrons. The number of carboxylic acids is 1. The van der Waals surface area contributed by atoms with Gasteiger partial charge >= 0.3 is 5.97 Å². The summed E-state index contributed by atoms with van der Waals surface area (Å²) in [5, 5.41) is 8.56. The zero-order valence-electron chi connectivity index (χ0n) is 7.46. The highest BCUT2D eigenvalue weighted by atomic mass is 19.3. The zero-order chi connectivity index (χ0) is 11.6. The third kappa shape index (κ3) is 2.18. The van der Waals surface area contributed by atoms with E-state index < -0.39 is 29.1 Å². The first-order chi connectivity index (χ1) is 6.97. The van der Waals surface area contributed by atoms with Crippen LogP contribution in [-0.4, -0.2) is 16.1 Å². The van der Waals surface area contributed by atoms with Crippen LogP contribution in [0.4, 0.5) is 8.78 Å². The summed E-state index contributed by atoms with van der Waals surface area (Å²) >= 11 is 0. The number of aromatic carboxylic acids is 1. The maximum absolute atomic E-state index is 12.4. The molecule has 4 N–H and O–H groups in total. The molecule has 0 saturated heterocycles. The van der Waals surface area contributed by atoms with E-state index in [1.54, 1.807) is 0 Å². The Labute approximate surface area is 82.5 Å². The normalized spacial score (nSPS) is 10.7. The second-order valence-corrected chi connectivity index (χ2v) is 2.75. The van der Waals surface area contributed by atoms with Crippen LogP contribution in [0.2, 0.25) is 0 Å². The van der Waals surface area contributed by atoms with Gasteiger partial charge in [-0.25, -0.2) is 13.6 Å². The molecule has 1 aromatic heterocycles. The van der Waals surface area contributed by atoms with Crippen LogP contribution in [0.5, 0.6) is 0 Å². The molecule has 7 heteroatoms. The van der Waals surface area contributed by atoms with Crippen molar-refractivity contribution in [2.45, 2.75) is 13.0 Å². The molecule has 0 atom stereocenters. The minimum atomic E-state index is -2.98. The van der Waals surface area contributed by atoms with Crippen LogP contribution in [0, 0.1) is 0 Å². The van der Waals surface area contributed by atoms with Crippen molar-refractivity contribution in [1.29, 1.82) is 0 Å². The fourth-order valence-electron chi connectivity index (χ4n) is 1.14. The number of nitrogens with one attached hydrogen (secondary N) is 1. The van der Waals surface area contributed by atoms with E-state index in [2.05, 4.69) is 4.98 Å². The third-order valence-corrected chi connectivity index (χ3v) is 1.80. The van der Waals surface area contributed by atoms with Crippen LogP contribution in [0.1, 0.15) is 28.2 Å². The Morgan fingerprint density at radius 2 is 2.20 bits per heavy atom. The number of hydrogen-bond acceptors (Lipinski definition) is 3. The average Bonchev–Trinajstić information content (AvgIpc) is 2.15. The van der Waals surface area contributed by atoms with Crippen LogP contribution >= 0.6 is 0 Å². The van der Waals surface area contributed by atoms with Crippen molar-refractivity contribution < 1.29 is 18.7 Å². The van der Waals surface area contributed by atoms with Gasteiger partial charge in [0.25, 0.3) is 6.43 Å². The number of hydrogen-bond donors (Lipinski definition) is 3. The third-order valence-electron chi connectivity index (χ3n) is 1.80. The highest BCUT2D eigenvalue weighted by Gasteiger charge is 2.19. The molecule has 15 heavy (non-hydrogen) atoms. The van der Waals surface area contributed by atoms with Crippen molar-refractivity contribution in [3.05, 3.63) is 33.2 Å². The Morgan fingerprint density at radius 3 is 2.60 bits per heavy atom. The summed E-state index contributed by atoms with van der Waals surface area (Å²) in [4.78, 5) is 23.8. The molecule has 0 fully saturated rings. The molecule has 1 aromatic rings. The number of rotatable bonds is 3. The molecule has 0 unspecified atom stereocenters. The number of H-pyrrole nitrogens is 1. The molecule has 0 aliphatic heterocycles. The molecule has 1 heterocycles. The summed E-state index contributed by atoms with van der Waals surface area (Å²) in [7, 11) is 0. The summed E-state index contributed by atoms with van der Waals surface area (Å²) in [6, 6.07) is 0.614. The summed E-state index contributed by atoms with van der Waals surface area (Å²) in [6.45, 7) is -0.351. The van der Waals surface area contributed by atoms with Gasteiger partial charge in [-0.15, -0.1) is 0 Å². The number of aromatic amines is 1. The summed E-state index contributed by atoms with van der Waals surface area (Å²) in [5.41, 5.74) is 2.62. The van der Waals surface area contributed by atoms with Gasteiger partial charge < -0.3 is 15.8 Å². The first-order valence-electron chi connectivity index (χ1n) is 3.95. The van der Waals surface area contributed by atoms with Crippen LogP contribution in [0.3, 0.4) is 0 Å². The fraction of sp³-hybridized carbons (Fsp3) is 0.250. The van der Waals surface area contributed by atoms with E-state index in [0.29, 0.717) is 6.07 Å². The lowest BCUT2D eigenvalue weighted by molar-refractivity contribution is 0.0689. The number of alkyl halides is 2. The van der Waals surface area contributed by atoms with Crippen molar-refractivity contribution in [2.75, 3.05) is 0 Å². The van der Waals surface area contributed by atoms with Crippen molar-refractivity contribution >= 4 is 5.97 Å². The van der Waals surface area contributed by atoms with E-state index in [1.165, 1.54) is 0 Å². The Morgan fingerprint density at radius 1 is 1.60 bits per heavy atom. The van der Waals surface area contributed by atoms with E-state index >= 15 is 0 Å². The molecule has 0 amide bonds. The smallest absolute Gasteiger partial charge is 0.352 e. The molecular formula is C8H8F2N2O3. The van der Waals surface area contributed by atoms with Crippen LogP contribution < -0.4 is 11.2 Å². The van der Waals surface area contributed by atoms with Crippen molar-refractivity contribution in [1.82, 2.24) is 4.98 Å². The number of carbonyl (C=O) groups is 1. The number of halogens is 2. The lowest BCUT2D eigenvalue weighted by Gasteiger charge is -2.07. The van der Waals surface area contributed by atoms with Gasteiger partial charge in [0, 0.05) is 18.3 Å². The maximum Gasteiger partial charge on any atom is 0.352 e. The maximum atomic E-state index is 12.4. The molecule has 0 aromatic carbocycles. The standard InChI is InChI=1S/C8H8F2N2O3/c9-7(10)6-4(2-11)12-3(8(14)15)1-5(6)13/h1,7H,2,11H2,(H,12,13)(H,14,15). The molecule has 0 bridgehead atoms. The lowest BCUT2D eigenvalue weighted by Crippen LogP contribution is -2.20. The fourth-order valence-corrected chi connectivity index (χ4v) is 1.14. The Hall–Kier alpha value is -1.76. The Balaban J connectivity index is 3.44. The van der Waals surface area contributed by atoms with E-state index in [0.717, 1.165) is 0 Å². The summed E-state index contributed by atoms with van der Waals surface area (Å²) in [6.07, 6.45) is -2.98. The molecule has 0 aliphatic rings. The van der Waals surface area contributed by atoms with Gasteiger partial charge in [-0.05, 0) is 0 Å². The van der Waals surface area contributed by atoms with Gasteiger partial charge in [0.1, 0.15) is 5.69 Å². The van der Waals surface area contributed by atoms with E-state index in [4.69, 9.17) is 10.8 Å². The van der Waals surface area contributed by atoms with Crippen molar-refractivity contribution in [3.8, 4) is 0 Å². The Bertz CT molecular complexity index is 442. The Kier molecular flexibility index (Phi) is 3.15. The summed E-state index contributed by atoms with van der Waals surface area (Å²) in [5.74, 6) is -1.40. The highest BCUT2D eigenvalue weighted by Crippen LogP contribution is 2.17. The first-order valence-corrected chi connectivity index (χ1v) is 3.95. The number of carboxylic acid groups (broad SMARTS) is 1. The van der Waals surface area contributed by atoms with Crippen LogP contribution in [0.15, 0.2) is 10.9 Å². The molecule has 0 saturated carbocycles. The predicted molar refractivity (Wildman–Crippen MR) is 46.9 cm³/mol. The molecule has 5 nitrogen and oxygen atoms in total.